The molecular weight excluding hydrogens is 348 g/mol. The fraction of sp³-hybridized carbons (Fsp3) is 0.421. The molecule has 3 rings (SSSR count). The number of carbonyl (C=O) groups is 1. The van der Waals surface area contributed by atoms with Gasteiger partial charge in [0.2, 0.25) is 0 Å². The van der Waals surface area contributed by atoms with E-state index in [1.54, 1.807) is 12.1 Å². The minimum absolute atomic E-state index is 0.0268. The van der Waals surface area contributed by atoms with E-state index in [0.29, 0.717) is 30.0 Å². The largest absolute Gasteiger partial charge is 0.481 e. The lowest BCUT2D eigenvalue weighted by Gasteiger charge is -2.27. The molecule has 2 N–H and O–H groups in total. The number of nitrogens with zero attached hydrogens (tertiary/aromatic N) is 3. The fourth-order valence-electron chi connectivity index (χ4n) is 3.31. The molecular formula is C19H22N4O4. The molecule has 27 heavy (non-hydrogen) atoms. The Morgan fingerprint density at radius 1 is 1.22 bits per heavy atom. The fourth-order valence-corrected chi connectivity index (χ4v) is 3.31. The molecule has 0 unspecified atom stereocenters. The van der Waals surface area contributed by atoms with Gasteiger partial charge in [-0.15, -0.1) is 0 Å². The van der Waals surface area contributed by atoms with Crippen LogP contribution in [0.5, 0.6) is 0 Å². The van der Waals surface area contributed by atoms with Gasteiger partial charge in [-0.25, -0.2) is 9.97 Å². The Kier molecular flexibility index (Phi) is 5.63. The molecule has 1 aliphatic carbocycles. The highest BCUT2D eigenvalue weighted by Gasteiger charge is 2.26. The quantitative estimate of drug-likeness (QED) is 0.588. The number of nitro groups is 1. The maximum Gasteiger partial charge on any atom is 0.306 e. The molecule has 2 aromatic rings. The minimum Gasteiger partial charge on any atom is -0.481 e. The van der Waals surface area contributed by atoms with Crippen LogP contribution in [0.1, 0.15) is 38.3 Å². The van der Waals surface area contributed by atoms with E-state index in [-0.39, 0.29) is 17.6 Å². The number of hydrogen-bond donors (Lipinski definition) is 2. The van der Waals surface area contributed by atoms with Crippen molar-refractivity contribution < 1.29 is 14.8 Å². The summed E-state index contributed by atoms with van der Waals surface area (Å²) in [4.78, 5) is 30.6. The van der Waals surface area contributed by atoms with Crippen LogP contribution < -0.4 is 5.32 Å². The molecule has 1 fully saturated rings. The number of aryl methyl sites for hydroxylation is 1. The van der Waals surface area contributed by atoms with Gasteiger partial charge >= 0.3 is 5.97 Å². The Hall–Kier alpha value is -3.03. The number of aromatic nitrogens is 2. The van der Waals surface area contributed by atoms with Crippen LogP contribution in [0.15, 0.2) is 30.3 Å². The predicted molar refractivity (Wildman–Crippen MR) is 101 cm³/mol. The van der Waals surface area contributed by atoms with E-state index in [1.165, 1.54) is 12.1 Å². The Morgan fingerprint density at radius 2 is 1.89 bits per heavy atom. The highest BCUT2D eigenvalue weighted by molar-refractivity contribution is 5.70. The number of hydrogen-bond acceptors (Lipinski definition) is 6. The molecule has 0 spiro atoms. The summed E-state index contributed by atoms with van der Waals surface area (Å²) in [7, 11) is 0. The van der Waals surface area contributed by atoms with Crippen molar-refractivity contribution in [3.05, 3.63) is 46.1 Å². The Balaban J connectivity index is 1.77. The normalized spacial score (nSPS) is 19.4. The first-order valence-electron chi connectivity index (χ1n) is 9.08. The molecule has 8 heteroatoms. The van der Waals surface area contributed by atoms with Gasteiger partial charge in [-0.1, -0.05) is 6.92 Å². The summed E-state index contributed by atoms with van der Waals surface area (Å²) >= 11 is 0. The number of non-ortho nitro benzene ring substituents is 1. The van der Waals surface area contributed by atoms with Crippen molar-refractivity contribution in [2.75, 3.05) is 5.32 Å². The standard InChI is InChI=1S/C19H22N4O4/c1-2-14-11-17(20-15-7-3-13(4-8-15)19(24)25)22-18(21-14)12-5-9-16(10-6-12)23(26)27/h5-6,9-11,13,15H,2-4,7-8H2,1H3,(H,24,25)(H,20,21,22). The number of benzene rings is 1. The summed E-state index contributed by atoms with van der Waals surface area (Å²) < 4.78 is 0. The van der Waals surface area contributed by atoms with Crippen LogP contribution in [-0.4, -0.2) is 32.0 Å². The average molecular weight is 370 g/mol. The summed E-state index contributed by atoms with van der Waals surface area (Å²) in [6.45, 7) is 2.00. The lowest BCUT2D eigenvalue weighted by atomic mass is 9.86. The first kappa shape index (κ1) is 18.8. The van der Waals surface area contributed by atoms with Crippen LogP contribution in [0.2, 0.25) is 0 Å². The van der Waals surface area contributed by atoms with Gasteiger partial charge in [0.25, 0.3) is 5.69 Å². The number of carboxylic acid groups (broad SMARTS) is 1. The van der Waals surface area contributed by atoms with Crippen molar-refractivity contribution in [1.29, 1.82) is 0 Å². The van der Waals surface area contributed by atoms with Gasteiger partial charge in [0.15, 0.2) is 5.82 Å². The van der Waals surface area contributed by atoms with E-state index in [0.717, 1.165) is 25.0 Å². The van der Waals surface area contributed by atoms with E-state index in [4.69, 9.17) is 5.11 Å². The van der Waals surface area contributed by atoms with Crippen molar-refractivity contribution in [3.63, 3.8) is 0 Å². The molecule has 0 atom stereocenters. The molecule has 1 saturated carbocycles. The number of carboxylic acids is 1. The van der Waals surface area contributed by atoms with E-state index < -0.39 is 10.9 Å². The number of rotatable bonds is 6. The van der Waals surface area contributed by atoms with Crippen LogP contribution in [0.3, 0.4) is 0 Å². The zero-order valence-electron chi connectivity index (χ0n) is 15.1. The minimum atomic E-state index is -0.718. The van der Waals surface area contributed by atoms with Crippen molar-refractivity contribution in [1.82, 2.24) is 9.97 Å². The average Bonchev–Trinajstić information content (AvgIpc) is 2.68. The predicted octanol–water partition coefficient (Wildman–Crippen LogP) is 3.67. The Labute approximate surface area is 156 Å². The first-order valence-corrected chi connectivity index (χ1v) is 9.08. The van der Waals surface area contributed by atoms with Crippen molar-refractivity contribution >= 4 is 17.5 Å². The molecule has 0 radical (unpaired) electrons. The third-order valence-corrected chi connectivity index (χ3v) is 4.91. The molecule has 0 amide bonds. The molecule has 142 valence electrons. The van der Waals surface area contributed by atoms with Crippen LogP contribution in [0, 0.1) is 16.0 Å². The monoisotopic (exact) mass is 370 g/mol. The van der Waals surface area contributed by atoms with Crippen molar-refractivity contribution in [3.8, 4) is 11.4 Å². The third-order valence-electron chi connectivity index (χ3n) is 4.91. The molecule has 0 bridgehead atoms. The van der Waals surface area contributed by atoms with Gasteiger partial charge in [-0.05, 0) is 44.2 Å². The Morgan fingerprint density at radius 3 is 2.44 bits per heavy atom. The van der Waals surface area contributed by atoms with Crippen molar-refractivity contribution in [2.45, 2.75) is 45.1 Å². The SMILES string of the molecule is CCc1cc(NC2CCC(C(=O)O)CC2)nc(-c2ccc([N+](=O)[O-])cc2)n1. The van der Waals surface area contributed by atoms with E-state index in [1.807, 2.05) is 13.0 Å². The zero-order chi connectivity index (χ0) is 19.4. The zero-order valence-corrected chi connectivity index (χ0v) is 15.1. The second kappa shape index (κ2) is 8.11. The molecule has 1 aromatic carbocycles. The summed E-state index contributed by atoms with van der Waals surface area (Å²) in [5.74, 6) is 0.250. The number of nitrogens with one attached hydrogen (secondary N) is 1. The topological polar surface area (TPSA) is 118 Å². The van der Waals surface area contributed by atoms with Gasteiger partial charge in [0.05, 0.1) is 10.8 Å². The van der Waals surface area contributed by atoms with Crippen LogP contribution in [-0.2, 0) is 11.2 Å². The smallest absolute Gasteiger partial charge is 0.306 e. The van der Waals surface area contributed by atoms with Gasteiger partial charge in [-0.3, -0.25) is 14.9 Å². The van der Waals surface area contributed by atoms with E-state index in [9.17, 15) is 14.9 Å². The van der Waals surface area contributed by atoms with Crippen LogP contribution in [0.25, 0.3) is 11.4 Å². The number of aliphatic carboxylic acids is 1. The summed E-state index contributed by atoms with van der Waals surface area (Å²) in [5, 5.41) is 23.3. The highest BCUT2D eigenvalue weighted by Crippen LogP contribution is 2.27. The van der Waals surface area contributed by atoms with Gasteiger partial charge in [0.1, 0.15) is 5.82 Å². The second-order valence-electron chi connectivity index (χ2n) is 6.76. The summed E-state index contributed by atoms with van der Waals surface area (Å²) in [5.41, 5.74) is 1.62. The van der Waals surface area contributed by atoms with Gasteiger partial charge < -0.3 is 10.4 Å². The Bertz CT molecular complexity index is 830. The summed E-state index contributed by atoms with van der Waals surface area (Å²) in [6.07, 6.45) is 3.63. The number of nitro benzene ring substituents is 1. The van der Waals surface area contributed by atoms with Crippen molar-refractivity contribution in [2.24, 2.45) is 5.92 Å². The maximum atomic E-state index is 11.1. The highest BCUT2D eigenvalue weighted by atomic mass is 16.6. The lowest BCUT2D eigenvalue weighted by Crippen LogP contribution is -2.29. The van der Waals surface area contributed by atoms with E-state index >= 15 is 0 Å². The molecule has 1 heterocycles. The molecule has 1 aromatic heterocycles. The number of anilines is 1. The summed E-state index contributed by atoms with van der Waals surface area (Å²) in [6, 6.07) is 8.27. The van der Waals surface area contributed by atoms with Crippen LogP contribution >= 0.6 is 0 Å². The first-order chi connectivity index (χ1) is 13.0. The lowest BCUT2D eigenvalue weighted by molar-refractivity contribution is -0.384. The van der Waals surface area contributed by atoms with Gasteiger partial charge in [-0.2, -0.15) is 0 Å². The molecule has 0 saturated heterocycles. The second-order valence-corrected chi connectivity index (χ2v) is 6.76. The molecule has 1 aliphatic rings. The van der Waals surface area contributed by atoms with Crippen LogP contribution in [0.4, 0.5) is 11.5 Å². The van der Waals surface area contributed by atoms with E-state index in [2.05, 4.69) is 15.3 Å². The molecule has 0 aliphatic heterocycles. The molecule has 8 nitrogen and oxygen atoms in total. The maximum absolute atomic E-state index is 11.1. The van der Waals surface area contributed by atoms with Gasteiger partial charge in [0, 0.05) is 35.5 Å². The third kappa shape index (κ3) is 4.58.